The predicted molar refractivity (Wildman–Crippen MR) is 36.8 cm³/mol. The van der Waals surface area contributed by atoms with Crippen LogP contribution in [0.5, 0.6) is 0 Å². The van der Waals surface area contributed by atoms with Crippen molar-refractivity contribution in [2.45, 2.75) is 6.18 Å². The van der Waals surface area contributed by atoms with Gasteiger partial charge in [-0.15, -0.1) is 0 Å². The molecule has 0 radical (unpaired) electrons. The molecule has 0 aliphatic heterocycles. The smallest absolute Gasteiger partial charge is 0.356 e. The molecule has 0 saturated heterocycles. The molecule has 6 heteroatoms. The van der Waals surface area contributed by atoms with E-state index < -0.39 is 17.3 Å². The molecule has 0 spiro atoms. The van der Waals surface area contributed by atoms with E-state index in [1.54, 1.807) is 0 Å². The number of rotatable bonds is 0. The average molecular weight is 188 g/mol. The Morgan fingerprint density at radius 1 is 1.46 bits per heavy atom. The molecule has 1 rings (SSSR count). The molecule has 1 heterocycles. The third kappa shape index (κ3) is 1.87. The zero-order chi connectivity index (χ0) is 10.1. The van der Waals surface area contributed by atoms with E-state index in [1.807, 2.05) is 4.98 Å². The van der Waals surface area contributed by atoms with Gasteiger partial charge >= 0.3 is 6.18 Å². The van der Waals surface area contributed by atoms with Crippen LogP contribution in [0, 0.1) is 11.3 Å². The summed E-state index contributed by atoms with van der Waals surface area (Å²) in [6.07, 6.45) is -3.85. The lowest BCUT2D eigenvalue weighted by Crippen LogP contribution is -2.14. The predicted octanol–water partition coefficient (Wildman–Crippen LogP) is 1.27. The van der Waals surface area contributed by atoms with E-state index in [4.69, 9.17) is 5.26 Å². The first-order valence-electron chi connectivity index (χ1n) is 3.15. The van der Waals surface area contributed by atoms with Crippen molar-refractivity contribution >= 4 is 0 Å². The molecular weight excluding hydrogens is 185 g/mol. The van der Waals surface area contributed by atoms with Gasteiger partial charge in [0.1, 0.15) is 17.3 Å². The van der Waals surface area contributed by atoms with Crippen molar-refractivity contribution < 1.29 is 13.2 Å². The zero-order valence-electron chi connectivity index (χ0n) is 6.14. The van der Waals surface area contributed by atoms with Crippen molar-refractivity contribution in [1.29, 1.82) is 5.26 Å². The Morgan fingerprint density at radius 2 is 2.08 bits per heavy atom. The molecule has 0 fully saturated rings. The molecule has 0 atom stereocenters. The van der Waals surface area contributed by atoms with Gasteiger partial charge in [0.05, 0.1) is 0 Å². The first kappa shape index (κ1) is 9.32. The van der Waals surface area contributed by atoms with E-state index in [2.05, 4.69) is 0 Å². The highest BCUT2D eigenvalue weighted by Gasteiger charge is 2.31. The molecule has 0 aliphatic rings. The normalized spacial score (nSPS) is 10.9. The van der Waals surface area contributed by atoms with Gasteiger partial charge in [-0.05, 0) is 0 Å². The van der Waals surface area contributed by atoms with Crippen LogP contribution in [0.15, 0.2) is 17.1 Å². The van der Waals surface area contributed by atoms with Crippen LogP contribution in [0.3, 0.4) is 0 Å². The number of aromatic nitrogens is 1. The summed E-state index contributed by atoms with van der Waals surface area (Å²) in [4.78, 5) is 12.6. The van der Waals surface area contributed by atoms with E-state index in [0.29, 0.717) is 6.07 Å². The number of nitrogens with one attached hydrogen (secondary N) is 1. The van der Waals surface area contributed by atoms with Crippen LogP contribution in [0.4, 0.5) is 13.2 Å². The quantitative estimate of drug-likeness (QED) is 0.666. The van der Waals surface area contributed by atoms with E-state index in [-0.39, 0.29) is 5.56 Å². The van der Waals surface area contributed by atoms with Gasteiger partial charge in [-0.3, -0.25) is 4.79 Å². The van der Waals surface area contributed by atoms with Crippen LogP contribution in [0.2, 0.25) is 0 Å². The number of halogens is 3. The van der Waals surface area contributed by atoms with Crippen LogP contribution < -0.4 is 5.43 Å². The van der Waals surface area contributed by atoms with Crippen molar-refractivity contribution in [2.75, 3.05) is 0 Å². The molecular formula is C7H3F3N2O. The molecule has 1 aromatic rings. The van der Waals surface area contributed by atoms with Gasteiger partial charge in [0, 0.05) is 12.3 Å². The summed E-state index contributed by atoms with van der Waals surface area (Å²) in [5, 5.41) is 8.26. The summed E-state index contributed by atoms with van der Waals surface area (Å²) >= 11 is 0. The fourth-order valence-corrected chi connectivity index (χ4v) is 0.723. The van der Waals surface area contributed by atoms with Gasteiger partial charge in [0.2, 0.25) is 0 Å². The van der Waals surface area contributed by atoms with E-state index >= 15 is 0 Å². The van der Waals surface area contributed by atoms with Crippen molar-refractivity contribution in [3.05, 3.63) is 33.7 Å². The summed E-state index contributed by atoms with van der Waals surface area (Å²) in [7, 11) is 0. The fourth-order valence-electron chi connectivity index (χ4n) is 0.723. The van der Waals surface area contributed by atoms with Gasteiger partial charge in [0.25, 0.3) is 0 Å². The van der Waals surface area contributed by atoms with Crippen LogP contribution in [-0.2, 0) is 6.18 Å². The minimum atomic E-state index is -4.59. The maximum Gasteiger partial charge on any atom is 0.431 e. The minimum Gasteiger partial charge on any atom is -0.356 e. The van der Waals surface area contributed by atoms with Gasteiger partial charge in [-0.25, -0.2) is 0 Å². The molecule has 1 aromatic heterocycles. The highest BCUT2D eigenvalue weighted by molar-refractivity contribution is 5.27. The molecule has 0 aliphatic carbocycles. The largest absolute Gasteiger partial charge is 0.431 e. The molecule has 0 amide bonds. The summed E-state index contributed by atoms with van der Waals surface area (Å²) in [6.45, 7) is 0. The lowest BCUT2D eigenvalue weighted by molar-refractivity contribution is -0.141. The summed E-state index contributed by atoms with van der Waals surface area (Å²) in [5.41, 5.74) is -2.43. The molecule has 1 N–H and O–H groups in total. The van der Waals surface area contributed by atoms with Crippen molar-refractivity contribution in [3.8, 4) is 6.07 Å². The van der Waals surface area contributed by atoms with Crippen LogP contribution in [0.1, 0.15) is 11.3 Å². The number of pyridine rings is 1. The molecule has 68 valence electrons. The van der Waals surface area contributed by atoms with Crippen molar-refractivity contribution in [1.82, 2.24) is 4.98 Å². The first-order valence-corrected chi connectivity index (χ1v) is 3.15. The van der Waals surface area contributed by atoms with E-state index in [9.17, 15) is 18.0 Å². The van der Waals surface area contributed by atoms with Crippen LogP contribution in [0.25, 0.3) is 0 Å². The first-order chi connectivity index (χ1) is 5.95. The molecule has 0 saturated carbocycles. The van der Waals surface area contributed by atoms with Gasteiger partial charge in [0.15, 0.2) is 5.43 Å². The number of nitriles is 1. The Hall–Kier alpha value is -1.77. The Morgan fingerprint density at radius 3 is 2.46 bits per heavy atom. The Bertz CT molecular complexity index is 413. The average Bonchev–Trinajstić information content (AvgIpc) is 2.02. The van der Waals surface area contributed by atoms with Crippen molar-refractivity contribution in [3.63, 3.8) is 0 Å². The highest BCUT2D eigenvalue weighted by Crippen LogP contribution is 2.26. The highest BCUT2D eigenvalue weighted by atomic mass is 19.4. The minimum absolute atomic E-state index is 0.340. The lowest BCUT2D eigenvalue weighted by Gasteiger charge is -2.04. The monoisotopic (exact) mass is 188 g/mol. The second-order valence-electron chi connectivity index (χ2n) is 2.23. The molecule has 13 heavy (non-hydrogen) atoms. The Kier molecular flexibility index (Phi) is 2.10. The topological polar surface area (TPSA) is 56.6 Å². The number of nitrogens with zero attached hydrogens (tertiary/aromatic N) is 1. The van der Waals surface area contributed by atoms with Gasteiger partial charge in [-0.2, -0.15) is 18.4 Å². The second kappa shape index (κ2) is 2.94. The zero-order valence-corrected chi connectivity index (χ0v) is 6.14. The number of H-pyrrole nitrogens is 1. The molecule has 0 bridgehead atoms. The summed E-state index contributed by atoms with van der Waals surface area (Å²) in [6, 6.07) is 1.82. The van der Waals surface area contributed by atoms with Crippen LogP contribution in [-0.4, -0.2) is 4.98 Å². The van der Waals surface area contributed by atoms with E-state index in [1.165, 1.54) is 6.07 Å². The molecule has 0 aromatic carbocycles. The standard InChI is InChI=1S/C7H3F3N2O/c8-7(9,10)6-1-5(13)4(2-11)3-12-6/h1,3H,(H,12,13). The van der Waals surface area contributed by atoms with Gasteiger partial charge < -0.3 is 4.98 Å². The fraction of sp³-hybridized carbons (Fsp3) is 0.143. The third-order valence-corrected chi connectivity index (χ3v) is 1.34. The maximum atomic E-state index is 12.0. The second-order valence-corrected chi connectivity index (χ2v) is 2.23. The molecule has 0 unspecified atom stereocenters. The number of alkyl halides is 3. The number of hydrogen-bond acceptors (Lipinski definition) is 2. The number of hydrogen-bond donors (Lipinski definition) is 1. The Labute approximate surface area is 70.4 Å². The maximum absolute atomic E-state index is 12.0. The van der Waals surface area contributed by atoms with Crippen LogP contribution >= 0.6 is 0 Å². The summed E-state index contributed by atoms with van der Waals surface area (Å²) < 4.78 is 35.9. The third-order valence-electron chi connectivity index (χ3n) is 1.34. The Balaban J connectivity index is 3.28. The summed E-state index contributed by atoms with van der Waals surface area (Å²) in [5.74, 6) is 0. The SMILES string of the molecule is N#Cc1c[nH]c(C(F)(F)F)cc1=O. The number of aromatic amines is 1. The van der Waals surface area contributed by atoms with Crippen molar-refractivity contribution in [2.24, 2.45) is 0 Å². The lowest BCUT2D eigenvalue weighted by atomic mass is 10.2. The van der Waals surface area contributed by atoms with E-state index in [0.717, 1.165) is 6.20 Å². The molecule has 3 nitrogen and oxygen atoms in total. The van der Waals surface area contributed by atoms with Gasteiger partial charge in [-0.1, -0.05) is 0 Å².